The second-order valence-corrected chi connectivity index (χ2v) is 4.70. The Morgan fingerprint density at radius 1 is 1.10 bits per heavy atom. The van der Waals surface area contributed by atoms with Crippen LogP contribution in [0.2, 0.25) is 0 Å². The zero-order valence-corrected chi connectivity index (χ0v) is 11.1. The summed E-state index contributed by atoms with van der Waals surface area (Å²) in [6.45, 7) is 0.428. The molecule has 0 aliphatic carbocycles. The van der Waals surface area contributed by atoms with Gasteiger partial charge in [-0.25, -0.2) is 0 Å². The first-order valence-electron chi connectivity index (χ1n) is 6.64. The Morgan fingerprint density at radius 3 is 2.75 bits per heavy atom. The molecule has 1 aliphatic heterocycles. The van der Waals surface area contributed by atoms with Gasteiger partial charge in [0.1, 0.15) is 0 Å². The first-order valence-corrected chi connectivity index (χ1v) is 6.64. The maximum Gasteiger partial charge on any atom is 0.237 e. The Balaban J connectivity index is 1.97. The average Bonchev–Trinajstić information content (AvgIpc) is 2.51. The third-order valence-electron chi connectivity index (χ3n) is 3.35. The van der Waals surface area contributed by atoms with Crippen LogP contribution in [0.15, 0.2) is 72.6 Å². The number of aromatic nitrogens is 1. The molecule has 1 aliphatic rings. The van der Waals surface area contributed by atoms with Gasteiger partial charge in [0.15, 0.2) is 0 Å². The summed E-state index contributed by atoms with van der Waals surface area (Å²) in [6, 6.07) is 14.0. The summed E-state index contributed by atoms with van der Waals surface area (Å²) in [5.74, 6) is 0. The molecule has 1 aromatic carbocycles. The molecule has 2 aromatic rings. The number of nitroso groups, excluding NO2 is 1. The molecule has 2 heterocycles. The van der Waals surface area contributed by atoms with E-state index in [0.29, 0.717) is 13.0 Å². The molecule has 98 valence electrons. The third kappa shape index (κ3) is 2.57. The van der Waals surface area contributed by atoms with Crippen molar-refractivity contribution in [3.8, 4) is 11.3 Å². The minimum Gasteiger partial charge on any atom is -0.256 e. The molecule has 0 bridgehead atoms. The van der Waals surface area contributed by atoms with E-state index in [2.05, 4.69) is 11.1 Å². The Morgan fingerprint density at radius 2 is 1.95 bits per heavy atom. The van der Waals surface area contributed by atoms with Crippen LogP contribution in [0.5, 0.6) is 0 Å². The lowest BCUT2D eigenvalue weighted by molar-refractivity contribution is -0.491. The standard InChI is InChI=1S/C17H15N2O/c20-19-12-6-4-8-15(19)13-14-7-1-2-9-16(14)17-10-3-5-11-18-17/h1-11H,12-13H2/q+1. The molecule has 20 heavy (non-hydrogen) atoms. The van der Waals surface area contributed by atoms with Gasteiger partial charge in [0, 0.05) is 27.5 Å². The number of rotatable bonds is 3. The van der Waals surface area contributed by atoms with E-state index in [1.165, 1.54) is 0 Å². The number of benzene rings is 1. The van der Waals surface area contributed by atoms with E-state index in [-0.39, 0.29) is 0 Å². The summed E-state index contributed by atoms with van der Waals surface area (Å²) >= 11 is 0. The lowest BCUT2D eigenvalue weighted by atomic mass is 9.99. The van der Waals surface area contributed by atoms with E-state index in [1.807, 2.05) is 54.6 Å². The van der Waals surface area contributed by atoms with Gasteiger partial charge in [0.2, 0.25) is 12.2 Å². The molecule has 0 saturated carbocycles. The Bertz CT molecular complexity index is 687. The van der Waals surface area contributed by atoms with Crippen LogP contribution in [-0.2, 0) is 6.42 Å². The van der Waals surface area contributed by atoms with Crippen LogP contribution < -0.4 is 0 Å². The molecule has 0 unspecified atom stereocenters. The van der Waals surface area contributed by atoms with Crippen molar-refractivity contribution in [1.29, 1.82) is 0 Å². The average molecular weight is 263 g/mol. The van der Waals surface area contributed by atoms with Crippen LogP contribution in [0.4, 0.5) is 0 Å². The van der Waals surface area contributed by atoms with Gasteiger partial charge < -0.3 is 0 Å². The van der Waals surface area contributed by atoms with Crippen molar-refractivity contribution >= 4 is 0 Å². The predicted molar refractivity (Wildman–Crippen MR) is 79.1 cm³/mol. The van der Waals surface area contributed by atoms with Gasteiger partial charge in [-0.2, -0.15) is 0 Å². The summed E-state index contributed by atoms with van der Waals surface area (Å²) in [6.07, 6.45) is 8.09. The van der Waals surface area contributed by atoms with Crippen LogP contribution in [0, 0.1) is 4.91 Å². The Labute approximate surface area is 117 Å². The maximum absolute atomic E-state index is 11.8. The van der Waals surface area contributed by atoms with Crippen LogP contribution in [0.25, 0.3) is 11.3 Å². The fourth-order valence-corrected chi connectivity index (χ4v) is 2.32. The number of pyridine rings is 1. The highest BCUT2D eigenvalue weighted by Gasteiger charge is 2.20. The number of hydrogen-bond acceptors (Lipinski definition) is 2. The van der Waals surface area contributed by atoms with Gasteiger partial charge in [0.05, 0.1) is 12.1 Å². The summed E-state index contributed by atoms with van der Waals surface area (Å²) in [5.41, 5.74) is 3.92. The second-order valence-electron chi connectivity index (χ2n) is 4.70. The molecule has 0 N–H and O–H groups in total. The predicted octanol–water partition coefficient (Wildman–Crippen LogP) is 3.52. The normalized spacial score (nSPS) is 14.2. The first kappa shape index (κ1) is 12.5. The third-order valence-corrected chi connectivity index (χ3v) is 3.35. The summed E-state index contributed by atoms with van der Waals surface area (Å²) in [4.78, 5) is 16.2. The van der Waals surface area contributed by atoms with E-state index in [4.69, 9.17) is 0 Å². The van der Waals surface area contributed by atoms with E-state index in [0.717, 1.165) is 27.3 Å². The van der Waals surface area contributed by atoms with Gasteiger partial charge in [-0.3, -0.25) is 4.98 Å². The largest absolute Gasteiger partial charge is 0.256 e. The molecule has 0 amide bonds. The SMILES string of the molecule is O=[N+]1CC=CC=C1Cc1ccccc1-c1ccccn1. The Kier molecular flexibility index (Phi) is 3.50. The van der Waals surface area contributed by atoms with Crippen molar-refractivity contribution in [2.45, 2.75) is 6.42 Å². The lowest BCUT2D eigenvalue weighted by Gasteiger charge is -2.08. The fraction of sp³-hybridized carbons (Fsp3) is 0.118. The topological polar surface area (TPSA) is 33.0 Å². The zero-order valence-electron chi connectivity index (χ0n) is 11.1. The Hall–Kier alpha value is -2.55. The number of allylic oxidation sites excluding steroid dienone is 3. The molecule has 0 saturated heterocycles. The fourth-order valence-electron chi connectivity index (χ4n) is 2.32. The van der Waals surface area contributed by atoms with E-state index >= 15 is 0 Å². The second kappa shape index (κ2) is 5.61. The smallest absolute Gasteiger partial charge is 0.237 e. The molecule has 0 atom stereocenters. The molecule has 0 radical (unpaired) electrons. The van der Waals surface area contributed by atoms with Gasteiger partial charge in [-0.15, -0.1) is 0 Å². The van der Waals surface area contributed by atoms with Crippen LogP contribution >= 0.6 is 0 Å². The van der Waals surface area contributed by atoms with Gasteiger partial charge >= 0.3 is 0 Å². The molecule has 0 fully saturated rings. The lowest BCUT2D eigenvalue weighted by Crippen LogP contribution is -2.12. The van der Waals surface area contributed by atoms with E-state index in [1.54, 1.807) is 6.20 Å². The van der Waals surface area contributed by atoms with Crippen molar-refractivity contribution in [3.05, 3.63) is 83.1 Å². The first-order chi connectivity index (χ1) is 9.84. The molecule has 1 aromatic heterocycles. The van der Waals surface area contributed by atoms with Crippen molar-refractivity contribution in [2.75, 3.05) is 6.54 Å². The summed E-state index contributed by atoms with van der Waals surface area (Å²) < 4.78 is 1.04. The van der Waals surface area contributed by atoms with Crippen molar-refractivity contribution in [2.24, 2.45) is 0 Å². The van der Waals surface area contributed by atoms with Gasteiger partial charge in [-0.1, -0.05) is 36.4 Å². The molecule has 3 nitrogen and oxygen atoms in total. The molecule has 0 spiro atoms. The van der Waals surface area contributed by atoms with Crippen molar-refractivity contribution < 1.29 is 4.76 Å². The van der Waals surface area contributed by atoms with Crippen molar-refractivity contribution in [1.82, 2.24) is 4.98 Å². The monoisotopic (exact) mass is 263 g/mol. The molecular formula is C17H15N2O+. The number of hydrogen-bond donors (Lipinski definition) is 0. The molecule has 3 rings (SSSR count). The highest BCUT2D eigenvalue weighted by Crippen LogP contribution is 2.24. The maximum atomic E-state index is 11.8. The quantitative estimate of drug-likeness (QED) is 0.794. The molecular weight excluding hydrogens is 248 g/mol. The molecule has 3 heteroatoms. The zero-order chi connectivity index (χ0) is 13.8. The minimum atomic E-state index is 0.428. The van der Waals surface area contributed by atoms with Gasteiger partial charge in [0.25, 0.3) is 0 Å². The summed E-state index contributed by atoms with van der Waals surface area (Å²) in [7, 11) is 0. The van der Waals surface area contributed by atoms with E-state index < -0.39 is 0 Å². The summed E-state index contributed by atoms with van der Waals surface area (Å²) in [5, 5.41) is 0. The highest BCUT2D eigenvalue weighted by molar-refractivity contribution is 5.63. The highest BCUT2D eigenvalue weighted by atomic mass is 16.3. The number of nitrogens with zero attached hydrogens (tertiary/aromatic N) is 2. The van der Waals surface area contributed by atoms with Crippen LogP contribution in [0.1, 0.15) is 5.56 Å². The van der Waals surface area contributed by atoms with Crippen molar-refractivity contribution in [3.63, 3.8) is 0 Å². The van der Waals surface area contributed by atoms with Crippen LogP contribution in [0.3, 0.4) is 0 Å². The van der Waals surface area contributed by atoms with Gasteiger partial charge in [-0.05, 0) is 23.8 Å². The minimum absolute atomic E-state index is 0.428. The van der Waals surface area contributed by atoms with Crippen LogP contribution in [-0.4, -0.2) is 16.3 Å². The van der Waals surface area contributed by atoms with E-state index in [9.17, 15) is 4.91 Å².